The van der Waals surface area contributed by atoms with E-state index in [1.807, 2.05) is 0 Å². The van der Waals surface area contributed by atoms with Crippen LogP contribution >= 0.6 is 0 Å². The second-order valence-corrected chi connectivity index (χ2v) is 7.03. The summed E-state index contributed by atoms with van der Waals surface area (Å²) in [6, 6.07) is 0.275. The molecule has 0 amide bonds. The molecule has 1 saturated carbocycles. The lowest BCUT2D eigenvalue weighted by Gasteiger charge is -2.57. The Morgan fingerprint density at radius 3 is 2.32 bits per heavy atom. The smallest absolute Gasteiger partial charge is 0.191 e. The van der Waals surface area contributed by atoms with Gasteiger partial charge >= 0.3 is 0 Å². The number of piperidine rings is 1. The molecule has 2 unspecified atom stereocenters. The fraction of sp³-hybridized carbons (Fsp3) is 0.933. The van der Waals surface area contributed by atoms with Gasteiger partial charge in [-0.3, -0.25) is 0 Å². The van der Waals surface area contributed by atoms with Crippen LogP contribution < -0.4 is 5.73 Å². The fourth-order valence-corrected chi connectivity index (χ4v) is 3.14. The molecule has 19 heavy (non-hydrogen) atoms. The highest BCUT2D eigenvalue weighted by Crippen LogP contribution is 2.53. The van der Waals surface area contributed by atoms with Gasteiger partial charge in [0.2, 0.25) is 0 Å². The molecule has 110 valence electrons. The van der Waals surface area contributed by atoms with Crippen LogP contribution in [0.15, 0.2) is 4.99 Å². The van der Waals surface area contributed by atoms with E-state index in [-0.39, 0.29) is 17.1 Å². The molecule has 1 heterocycles. The maximum Gasteiger partial charge on any atom is 0.191 e. The Labute approximate surface area is 117 Å². The van der Waals surface area contributed by atoms with Crippen molar-refractivity contribution in [2.24, 2.45) is 22.1 Å². The Morgan fingerprint density at radius 2 is 1.84 bits per heavy atom. The number of ether oxygens (including phenoxy) is 1. The van der Waals surface area contributed by atoms with E-state index in [9.17, 15) is 0 Å². The fourth-order valence-electron chi connectivity index (χ4n) is 3.14. The first-order valence-electron chi connectivity index (χ1n) is 7.43. The minimum Gasteiger partial charge on any atom is -0.378 e. The van der Waals surface area contributed by atoms with Crippen LogP contribution in [0, 0.1) is 11.3 Å². The number of hydrogen-bond donors (Lipinski definition) is 1. The molecule has 0 aromatic rings. The summed E-state index contributed by atoms with van der Waals surface area (Å²) < 4.78 is 5.64. The summed E-state index contributed by atoms with van der Waals surface area (Å²) >= 11 is 0. The largest absolute Gasteiger partial charge is 0.378 e. The third-order valence-corrected chi connectivity index (χ3v) is 5.63. The van der Waals surface area contributed by atoms with Gasteiger partial charge in [0.25, 0.3) is 0 Å². The summed E-state index contributed by atoms with van der Waals surface area (Å²) in [5, 5.41) is 0. The molecule has 1 saturated heterocycles. The number of rotatable bonds is 2. The molecule has 0 radical (unpaired) electrons. The normalized spacial score (nSPS) is 36.2. The van der Waals surface area contributed by atoms with E-state index in [0.717, 1.165) is 31.4 Å². The third-order valence-electron chi connectivity index (χ3n) is 5.63. The average molecular weight is 267 g/mol. The zero-order chi connectivity index (χ0) is 14.3. The number of hydrogen-bond acceptors (Lipinski definition) is 2. The second kappa shape index (κ2) is 4.97. The molecule has 0 aromatic heterocycles. The van der Waals surface area contributed by atoms with E-state index in [1.54, 1.807) is 7.11 Å². The molecular formula is C15H29N3O. The summed E-state index contributed by atoms with van der Waals surface area (Å²) in [6.07, 6.45) is 3.40. The van der Waals surface area contributed by atoms with Crippen molar-refractivity contribution in [3.8, 4) is 0 Å². The number of guanidine groups is 1. The molecule has 1 aliphatic carbocycles. The molecule has 4 heteroatoms. The lowest BCUT2D eigenvalue weighted by Crippen LogP contribution is -2.63. The van der Waals surface area contributed by atoms with Gasteiger partial charge in [0.05, 0.1) is 11.6 Å². The van der Waals surface area contributed by atoms with Gasteiger partial charge in [0.15, 0.2) is 5.96 Å². The summed E-state index contributed by atoms with van der Waals surface area (Å²) in [5.74, 6) is 1.55. The van der Waals surface area contributed by atoms with Crippen LogP contribution in [-0.4, -0.2) is 42.7 Å². The van der Waals surface area contributed by atoms with Crippen LogP contribution in [0.3, 0.4) is 0 Å². The molecule has 2 aliphatic rings. The van der Waals surface area contributed by atoms with Crippen molar-refractivity contribution < 1.29 is 4.74 Å². The number of likely N-dealkylation sites (tertiary alicyclic amines) is 1. The summed E-state index contributed by atoms with van der Waals surface area (Å²) in [7, 11) is 1.79. The van der Waals surface area contributed by atoms with E-state index in [4.69, 9.17) is 15.5 Å². The quantitative estimate of drug-likeness (QED) is 0.616. The monoisotopic (exact) mass is 267 g/mol. The molecule has 4 nitrogen and oxygen atoms in total. The predicted molar refractivity (Wildman–Crippen MR) is 79.2 cm³/mol. The first-order chi connectivity index (χ1) is 8.80. The van der Waals surface area contributed by atoms with Crippen molar-refractivity contribution >= 4 is 5.96 Å². The lowest BCUT2D eigenvalue weighted by molar-refractivity contribution is -0.171. The second-order valence-electron chi connectivity index (χ2n) is 7.03. The van der Waals surface area contributed by atoms with Crippen molar-refractivity contribution in [1.29, 1.82) is 0 Å². The Hall–Kier alpha value is -0.770. The van der Waals surface area contributed by atoms with Gasteiger partial charge < -0.3 is 15.4 Å². The molecule has 0 aromatic carbocycles. The first kappa shape index (κ1) is 14.6. The van der Waals surface area contributed by atoms with Crippen molar-refractivity contribution in [3.63, 3.8) is 0 Å². The van der Waals surface area contributed by atoms with E-state index in [0.29, 0.717) is 0 Å². The molecule has 0 spiro atoms. The molecule has 2 N–H and O–H groups in total. The highest BCUT2D eigenvalue weighted by atomic mass is 16.5. The van der Waals surface area contributed by atoms with Gasteiger partial charge in [-0.1, -0.05) is 20.8 Å². The standard InChI is InChI=1S/C15H29N3O/c1-11-6-8-18(9-7-11)13(16)17-12-10-15(4,19-5)14(12,2)3/h11-12H,6-10H2,1-5H3,(H2,16,17). The van der Waals surface area contributed by atoms with Gasteiger partial charge in [-0.15, -0.1) is 0 Å². The summed E-state index contributed by atoms with van der Waals surface area (Å²) in [5.41, 5.74) is 6.17. The van der Waals surface area contributed by atoms with E-state index < -0.39 is 0 Å². The zero-order valence-electron chi connectivity index (χ0n) is 13.1. The molecule has 0 bridgehead atoms. The average Bonchev–Trinajstić information content (AvgIpc) is 2.38. The Bertz CT molecular complexity index is 358. The Kier molecular flexibility index (Phi) is 3.83. The maximum atomic E-state index is 6.19. The predicted octanol–water partition coefficient (Wildman–Crippen LogP) is 2.24. The van der Waals surface area contributed by atoms with Crippen LogP contribution in [-0.2, 0) is 4.74 Å². The van der Waals surface area contributed by atoms with Crippen LogP contribution in [0.4, 0.5) is 0 Å². The van der Waals surface area contributed by atoms with Gasteiger partial charge in [-0.2, -0.15) is 0 Å². The number of methoxy groups -OCH3 is 1. The highest BCUT2D eigenvalue weighted by molar-refractivity contribution is 5.78. The van der Waals surface area contributed by atoms with Gasteiger partial charge in [0, 0.05) is 25.6 Å². The molecular weight excluding hydrogens is 238 g/mol. The number of nitrogens with two attached hydrogens (primary N) is 1. The first-order valence-corrected chi connectivity index (χ1v) is 7.43. The van der Waals surface area contributed by atoms with Gasteiger partial charge in [-0.05, 0) is 32.1 Å². The highest BCUT2D eigenvalue weighted by Gasteiger charge is 2.58. The van der Waals surface area contributed by atoms with Crippen molar-refractivity contribution in [3.05, 3.63) is 0 Å². The van der Waals surface area contributed by atoms with E-state index in [1.165, 1.54) is 12.8 Å². The Balaban J connectivity index is 1.99. The number of nitrogens with zero attached hydrogens (tertiary/aromatic N) is 2. The number of aliphatic imine (C=N–C) groups is 1. The van der Waals surface area contributed by atoms with Crippen LogP contribution in [0.5, 0.6) is 0 Å². The van der Waals surface area contributed by atoms with Gasteiger partial charge in [0.1, 0.15) is 0 Å². The minimum atomic E-state index is -0.0716. The summed E-state index contributed by atoms with van der Waals surface area (Å²) in [4.78, 5) is 7.00. The zero-order valence-corrected chi connectivity index (χ0v) is 13.1. The van der Waals surface area contributed by atoms with Crippen LogP contribution in [0.25, 0.3) is 0 Å². The van der Waals surface area contributed by atoms with E-state index in [2.05, 4.69) is 32.6 Å². The van der Waals surface area contributed by atoms with Crippen molar-refractivity contribution in [1.82, 2.24) is 4.90 Å². The maximum absolute atomic E-state index is 6.19. The van der Waals surface area contributed by atoms with Crippen molar-refractivity contribution in [2.75, 3.05) is 20.2 Å². The SMILES string of the molecule is COC1(C)CC(N=C(N)N2CCC(C)CC2)C1(C)C. The third kappa shape index (κ3) is 2.47. The topological polar surface area (TPSA) is 50.9 Å². The lowest BCUT2D eigenvalue weighted by atomic mass is 9.56. The van der Waals surface area contributed by atoms with Crippen LogP contribution in [0.2, 0.25) is 0 Å². The Morgan fingerprint density at radius 1 is 1.26 bits per heavy atom. The molecule has 2 fully saturated rings. The van der Waals surface area contributed by atoms with Crippen LogP contribution in [0.1, 0.15) is 47.0 Å². The van der Waals surface area contributed by atoms with Crippen molar-refractivity contribution in [2.45, 2.75) is 58.6 Å². The molecule has 2 rings (SSSR count). The molecule has 1 aliphatic heterocycles. The minimum absolute atomic E-state index is 0.0510. The summed E-state index contributed by atoms with van der Waals surface area (Å²) in [6.45, 7) is 11.0. The molecule has 2 atom stereocenters. The van der Waals surface area contributed by atoms with E-state index >= 15 is 0 Å². The van der Waals surface area contributed by atoms with Gasteiger partial charge in [-0.25, -0.2) is 4.99 Å².